The van der Waals surface area contributed by atoms with Crippen LogP contribution in [0.25, 0.3) is 6.08 Å². The molecule has 0 fully saturated rings. The van der Waals surface area contributed by atoms with Crippen LogP contribution in [-0.4, -0.2) is 22.2 Å². The van der Waals surface area contributed by atoms with Crippen molar-refractivity contribution in [1.82, 2.24) is 0 Å². The molecule has 2 aromatic carbocycles. The van der Waals surface area contributed by atoms with Crippen molar-refractivity contribution in [3.8, 4) is 0 Å². The standard InChI is InChI=1S/C26H25N3O2S2/c1-4-23(24(30)27-21-13-12-17(2)15-18(21)3)33-26-28-22(16-20-11-8-14-32-20)25(31)29(26)19-9-6-5-7-10-19/h5-16,23H,4H2,1-3H3,(H,27,30)/b22-16+. The van der Waals surface area contributed by atoms with E-state index >= 15 is 0 Å². The van der Waals surface area contributed by atoms with Gasteiger partial charge in [0.15, 0.2) is 5.17 Å². The van der Waals surface area contributed by atoms with E-state index in [1.165, 1.54) is 11.8 Å². The zero-order valence-electron chi connectivity index (χ0n) is 18.7. The van der Waals surface area contributed by atoms with Crippen LogP contribution in [0, 0.1) is 13.8 Å². The fourth-order valence-electron chi connectivity index (χ4n) is 3.50. The van der Waals surface area contributed by atoms with Gasteiger partial charge in [-0.3, -0.25) is 14.5 Å². The highest BCUT2D eigenvalue weighted by molar-refractivity contribution is 8.15. The highest BCUT2D eigenvalue weighted by Gasteiger charge is 2.34. The van der Waals surface area contributed by atoms with Crippen molar-refractivity contribution in [3.05, 3.63) is 87.7 Å². The molecular formula is C26H25N3O2S2. The van der Waals surface area contributed by atoms with E-state index in [1.54, 1.807) is 22.3 Å². The summed E-state index contributed by atoms with van der Waals surface area (Å²) in [7, 11) is 0. The lowest BCUT2D eigenvalue weighted by molar-refractivity contribution is -0.116. The lowest BCUT2D eigenvalue weighted by Gasteiger charge is -2.21. The first-order chi connectivity index (χ1) is 16.0. The minimum Gasteiger partial charge on any atom is -0.325 e. The molecule has 2 amide bonds. The zero-order valence-corrected chi connectivity index (χ0v) is 20.4. The first kappa shape index (κ1) is 23.0. The van der Waals surface area contributed by atoms with Gasteiger partial charge < -0.3 is 5.32 Å². The lowest BCUT2D eigenvalue weighted by atomic mass is 10.1. The summed E-state index contributed by atoms with van der Waals surface area (Å²) in [6, 6.07) is 19.3. The molecule has 0 aliphatic carbocycles. The zero-order chi connectivity index (χ0) is 23.4. The fourth-order valence-corrected chi connectivity index (χ4v) is 5.19. The summed E-state index contributed by atoms with van der Waals surface area (Å²) in [6.07, 6.45) is 2.40. The van der Waals surface area contributed by atoms with E-state index < -0.39 is 5.25 Å². The van der Waals surface area contributed by atoms with Gasteiger partial charge in [0.05, 0.1) is 10.9 Å². The van der Waals surface area contributed by atoms with Crippen molar-refractivity contribution in [3.63, 3.8) is 0 Å². The third-order valence-corrected chi connectivity index (χ3v) is 7.35. The van der Waals surface area contributed by atoms with Crippen LogP contribution in [0.3, 0.4) is 0 Å². The summed E-state index contributed by atoms with van der Waals surface area (Å²) in [4.78, 5) is 33.6. The second-order valence-corrected chi connectivity index (χ2v) is 9.89. The molecule has 33 heavy (non-hydrogen) atoms. The van der Waals surface area contributed by atoms with E-state index in [0.29, 0.717) is 17.3 Å². The van der Waals surface area contributed by atoms with Gasteiger partial charge in [-0.15, -0.1) is 11.3 Å². The summed E-state index contributed by atoms with van der Waals surface area (Å²) >= 11 is 2.87. The second kappa shape index (κ2) is 10.2. The normalized spacial score (nSPS) is 15.6. The number of benzene rings is 2. The number of aliphatic imine (C=N–C) groups is 1. The molecule has 4 rings (SSSR count). The molecule has 1 N–H and O–H groups in total. The molecule has 1 aromatic heterocycles. The molecule has 1 unspecified atom stereocenters. The van der Waals surface area contributed by atoms with Crippen molar-refractivity contribution in [2.75, 3.05) is 10.2 Å². The Morgan fingerprint density at radius 1 is 1.15 bits per heavy atom. The number of nitrogens with one attached hydrogen (secondary N) is 1. The van der Waals surface area contributed by atoms with Crippen LogP contribution in [0.1, 0.15) is 29.3 Å². The monoisotopic (exact) mass is 475 g/mol. The number of thioether (sulfide) groups is 1. The lowest BCUT2D eigenvalue weighted by Crippen LogP contribution is -2.34. The van der Waals surface area contributed by atoms with E-state index in [1.807, 2.05) is 86.8 Å². The van der Waals surface area contributed by atoms with Crippen molar-refractivity contribution >= 4 is 57.5 Å². The minimum atomic E-state index is -0.399. The van der Waals surface area contributed by atoms with Crippen LogP contribution >= 0.6 is 23.1 Å². The number of carbonyl (C=O) groups is 2. The molecule has 5 nitrogen and oxygen atoms in total. The average molecular weight is 476 g/mol. The Bertz CT molecular complexity index is 1220. The van der Waals surface area contributed by atoms with Crippen LogP contribution in [-0.2, 0) is 9.59 Å². The van der Waals surface area contributed by atoms with E-state index in [2.05, 4.69) is 10.3 Å². The number of aryl methyl sites for hydroxylation is 2. The van der Waals surface area contributed by atoms with E-state index in [9.17, 15) is 9.59 Å². The second-order valence-electron chi connectivity index (χ2n) is 7.74. The quantitative estimate of drug-likeness (QED) is 0.428. The van der Waals surface area contributed by atoms with Crippen LogP contribution in [0.2, 0.25) is 0 Å². The van der Waals surface area contributed by atoms with Gasteiger partial charge in [0, 0.05) is 10.6 Å². The smallest absolute Gasteiger partial charge is 0.283 e. The maximum absolute atomic E-state index is 13.3. The number of amidine groups is 1. The third kappa shape index (κ3) is 5.26. The minimum absolute atomic E-state index is 0.103. The Balaban J connectivity index is 1.61. The average Bonchev–Trinajstić information content (AvgIpc) is 3.42. The predicted molar refractivity (Wildman–Crippen MR) is 140 cm³/mol. The number of hydrogen-bond donors (Lipinski definition) is 1. The Morgan fingerprint density at radius 2 is 1.94 bits per heavy atom. The summed E-state index contributed by atoms with van der Waals surface area (Å²) in [5.41, 5.74) is 4.06. The maximum atomic E-state index is 13.3. The van der Waals surface area contributed by atoms with Gasteiger partial charge in [0.1, 0.15) is 5.70 Å². The number of amides is 2. The van der Waals surface area contributed by atoms with Crippen LogP contribution in [0.4, 0.5) is 11.4 Å². The Hall–Kier alpha value is -3.16. The number of hydrogen-bond acceptors (Lipinski definition) is 5. The number of nitrogens with zero attached hydrogens (tertiary/aromatic N) is 2. The predicted octanol–water partition coefficient (Wildman–Crippen LogP) is 6.26. The van der Waals surface area contributed by atoms with Crippen molar-refractivity contribution in [2.24, 2.45) is 4.99 Å². The van der Waals surface area contributed by atoms with E-state index in [-0.39, 0.29) is 11.8 Å². The first-order valence-corrected chi connectivity index (χ1v) is 12.5. The van der Waals surface area contributed by atoms with Gasteiger partial charge in [-0.05, 0) is 61.6 Å². The molecule has 2 heterocycles. The molecule has 0 radical (unpaired) electrons. The Labute approximate surface area is 202 Å². The fraction of sp³-hybridized carbons (Fsp3) is 0.192. The van der Waals surface area contributed by atoms with Gasteiger partial charge in [0.25, 0.3) is 5.91 Å². The molecule has 0 saturated carbocycles. The van der Waals surface area contributed by atoms with Crippen LogP contribution in [0.15, 0.2) is 76.7 Å². The molecule has 1 aliphatic rings. The molecule has 0 spiro atoms. The van der Waals surface area contributed by atoms with Gasteiger partial charge in [-0.2, -0.15) is 0 Å². The summed E-state index contributed by atoms with van der Waals surface area (Å²) in [5, 5.41) is 5.12. The third-order valence-electron chi connectivity index (χ3n) is 5.22. The number of carbonyl (C=O) groups excluding carboxylic acids is 2. The van der Waals surface area contributed by atoms with Crippen LogP contribution < -0.4 is 10.2 Å². The van der Waals surface area contributed by atoms with Crippen molar-refractivity contribution in [2.45, 2.75) is 32.4 Å². The molecule has 1 aliphatic heterocycles. The molecular weight excluding hydrogens is 450 g/mol. The van der Waals surface area contributed by atoms with E-state index in [4.69, 9.17) is 0 Å². The molecule has 3 aromatic rings. The SMILES string of the molecule is CCC(SC1=N/C(=C/c2cccs2)C(=O)N1c1ccccc1)C(=O)Nc1ccc(C)cc1C. The Morgan fingerprint density at radius 3 is 2.61 bits per heavy atom. The van der Waals surface area contributed by atoms with Crippen molar-refractivity contribution in [1.29, 1.82) is 0 Å². The topological polar surface area (TPSA) is 61.8 Å². The number of para-hydroxylation sites is 1. The molecule has 1 atom stereocenters. The Kier molecular flexibility index (Phi) is 7.11. The van der Waals surface area contributed by atoms with Crippen LogP contribution in [0.5, 0.6) is 0 Å². The van der Waals surface area contributed by atoms with Crippen molar-refractivity contribution < 1.29 is 9.59 Å². The van der Waals surface area contributed by atoms with E-state index in [0.717, 1.165) is 27.4 Å². The van der Waals surface area contributed by atoms with Gasteiger partial charge in [-0.1, -0.05) is 60.6 Å². The summed E-state index contributed by atoms with van der Waals surface area (Å²) < 4.78 is 0. The molecule has 0 bridgehead atoms. The largest absolute Gasteiger partial charge is 0.325 e. The highest BCUT2D eigenvalue weighted by atomic mass is 32.2. The molecule has 0 saturated heterocycles. The van der Waals surface area contributed by atoms with Gasteiger partial charge >= 0.3 is 0 Å². The van der Waals surface area contributed by atoms with Gasteiger partial charge in [-0.25, -0.2) is 4.99 Å². The summed E-state index contributed by atoms with van der Waals surface area (Å²) in [6.45, 7) is 5.97. The van der Waals surface area contributed by atoms with Gasteiger partial charge in [0.2, 0.25) is 5.91 Å². The summed E-state index contributed by atoms with van der Waals surface area (Å²) in [5.74, 6) is -0.296. The number of rotatable bonds is 6. The first-order valence-electron chi connectivity index (χ1n) is 10.7. The highest BCUT2D eigenvalue weighted by Crippen LogP contribution is 2.32. The number of thiophene rings is 1. The number of anilines is 2. The maximum Gasteiger partial charge on any atom is 0.283 e. The molecule has 7 heteroatoms. The molecule has 168 valence electrons.